The number of methoxy groups -OCH3 is 1. The average molecular weight is 246 g/mol. The summed E-state index contributed by atoms with van der Waals surface area (Å²) in [6, 6.07) is 11.5. The molecule has 1 aromatic carbocycles. The molecule has 0 amide bonds. The Morgan fingerprint density at radius 3 is 2.72 bits per heavy atom. The summed E-state index contributed by atoms with van der Waals surface area (Å²) < 4.78 is 10.9. The first-order valence-electron chi connectivity index (χ1n) is 5.93. The highest BCUT2D eigenvalue weighted by molar-refractivity contribution is 5.32. The molecular weight excluding hydrogens is 228 g/mol. The van der Waals surface area contributed by atoms with E-state index in [0.29, 0.717) is 13.2 Å². The van der Waals surface area contributed by atoms with E-state index in [9.17, 15) is 0 Å². The van der Waals surface area contributed by atoms with Crippen LogP contribution < -0.4 is 15.2 Å². The summed E-state index contributed by atoms with van der Waals surface area (Å²) in [5.41, 5.74) is 6.86. The summed E-state index contributed by atoms with van der Waals surface area (Å²) in [5.74, 6) is 1.75. The third kappa shape index (κ3) is 3.05. The van der Waals surface area contributed by atoms with Gasteiger partial charge < -0.3 is 20.2 Å². The molecule has 0 radical (unpaired) electrons. The summed E-state index contributed by atoms with van der Waals surface area (Å²) in [5, 5.41) is 0. The molecule has 0 saturated carbocycles. The van der Waals surface area contributed by atoms with Gasteiger partial charge in [-0.25, -0.2) is 0 Å². The van der Waals surface area contributed by atoms with Gasteiger partial charge in [0.05, 0.1) is 13.7 Å². The summed E-state index contributed by atoms with van der Waals surface area (Å²) in [4.78, 5) is 3.16. The maximum atomic E-state index is 5.76. The molecular formula is C14H18N2O2. The van der Waals surface area contributed by atoms with Crippen LogP contribution >= 0.6 is 0 Å². The van der Waals surface area contributed by atoms with Gasteiger partial charge in [0, 0.05) is 30.4 Å². The second-order valence-electron chi connectivity index (χ2n) is 4.05. The standard InChI is InChI=1S/C14H18N2O2/c1-17-12-4-2-5-13(8-12)18-10-11(9-15)14-6-3-7-16-14/h2-8,11,16H,9-10,15H2,1H3. The number of H-pyrrole nitrogens is 1. The normalized spacial score (nSPS) is 12.1. The van der Waals surface area contributed by atoms with Crippen LogP contribution in [-0.2, 0) is 0 Å². The van der Waals surface area contributed by atoms with E-state index < -0.39 is 0 Å². The van der Waals surface area contributed by atoms with Crippen LogP contribution in [0.2, 0.25) is 0 Å². The van der Waals surface area contributed by atoms with Gasteiger partial charge in [0.25, 0.3) is 0 Å². The van der Waals surface area contributed by atoms with Crippen LogP contribution in [-0.4, -0.2) is 25.2 Å². The molecule has 2 rings (SSSR count). The van der Waals surface area contributed by atoms with Crippen molar-refractivity contribution < 1.29 is 9.47 Å². The Hall–Kier alpha value is -1.94. The number of rotatable bonds is 6. The van der Waals surface area contributed by atoms with E-state index in [2.05, 4.69) is 4.98 Å². The lowest BCUT2D eigenvalue weighted by molar-refractivity contribution is 0.286. The van der Waals surface area contributed by atoms with Gasteiger partial charge in [-0.05, 0) is 24.3 Å². The monoisotopic (exact) mass is 246 g/mol. The first kappa shape index (κ1) is 12.5. The average Bonchev–Trinajstić information content (AvgIpc) is 2.94. The number of aromatic nitrogens is 1. The molecule has 1 heterocycles. The number of hydrogen-bond donors (Lipinski definition) is 2. The Morgan fingerprint density at radius 1 is 1.22 bits per heavy atom. The van der Waals surface area contributed by atoms with Gasteiger partial charge in [-0.2, -0.15) is 0 Å². The molecule has 2 aromatic rings. The Morgan fingerprint density at radius 2 is 2.06 bits per heavy atom. The minimum atomic E-state index is 0.172. The number of nitrogens with two attached hydrogens (primary N) is 1. The second kappa shape index (κ2) is 6.12. The van der Waals surface area contributed by atoms with Crippen molar-refractivity contribution in [1.82, 2.24) is 4.98 Å². The predicted octanol–water partition coefficient (Wildman–Crippen LogP) is 2.14. The molecule has 0 fully saturated rings. The Labute approximate surface area is 107 Å². The molecule has 0 aliphatic carbocycles. The van der Waals surface area contributed by atoms with E-state index in [0.717, 1.165) is 17.2 Å². The smallest absolute Gasteiger partial charge is 0.123 e. The number of aromatic amines is 1. The number of benzene rings is 1. The number of nitrogens with one attached hydrogen (secondary N) is 1. The van der Waals surface area contributed by atoms with Crippen LogP contribution in [0, 0.1) is 0 Å². The van der Waals surface area contributed by atoms with E-state index in [4.69, 9.17) is 15.2 Å². The van der Waals surface area contributed by atoms with Gasteiger partial charge in [-0.1, -0.05) is 6.07 Å². The molecule has 0 aliphatic rings. The summed E-state index contributed by atoms with van der Waals surface area (Å²) in [7, 11) is 1.64. The van der Waals surface area contributed by atoms with Crippen molar-refractivity contribution in [2.75, 3.05) is 20.3 Å². The van der Waals surface area contributed by atoms with Crippen LogP contribution in [0.3, 0.4) is 0 Å². The van der Waals surface area contributed by atoms with Gasteiger partial charge in [-0.15, -0.1) is 0 Å². The lowest BCUT2D eigenvalue weighted by Gasteiger charge is -2.15. The molecule has 1 unspecified atom stereocenters. The van der Waals surface area contributed by atoms with Crippen molar-refractivity contribution in [1.29, 1.82) is 0 Å². The maximum Gasteiger partial charge on any atom is 0.123 e. The summed E-state index contributed by atoms with van der Waals surface area (Å²) in [6.07, 6.45) is 1.89. The third-order valence-electron chi connectivity index (χ3n) is 2.84. The zero-order chi connectivity index (χ0) is 12.8. The predicted molar refractivity (Wildman–Crippen MR) is 71.1 cm³/mol. The van der Waals surface area contributed by atoms with Crippen LogP contribution in [0.15, 0.2) is 42.6 Å². The molecule has 0 aliphatic heterocycles. The van der Waals surface area contributed by atoms with E-state index in [1.54, 1.807) is 7.11 Å². The van der Waals surface area contributed by atoms with Crippen molar-refractivity contribution in [3.63, 3.8) is 0 Å². The van der Waals surface area contributed by atoms with E-state index in [-0.39, 0.29) is 5.92 Å². The Balaban J connectivity index is 1.97. The fourth-order valence-corrected chi connectivity index (χ4v) is 1.77. The van der Waals surface area contributed by atoms with Gasteiger partial charge in [0.15, 0.2) is 0 Å². The highest BCUT2D eigenvalue weighted by Gasteiger charge is 2.11. The molecule has 0 spiro atoms. The van der Waals surface area contributed by atoms with E-state index in [1.165, 1.54) is 0 Å². The quantitative estimate of drug-likeness (QED) is 0.821. The second-order valence-corrected chi connectivity index (χ2v) is 4.05. The highest BCUT2D eigenvalue weighted by Crippen LogP contribution is 2.21. The Kier molecular flexibility index (Phi) is 4.25. The van der Waals surface area contributed by atoms with Crippen LogP contribution in [0.1, 0.15) is 11.6 Å². The number of hydrogen-bond acceptors (Lipinski definition) is 3. The molecule has 4 heteroatoms. The van der Waals surface area contributed by atoms with Crippen molar-refractivity contribution in [3.8, 4) is 11.5 Å². The molecule has 0 saturated heterocycles. The van der Waals surface area contributed by atoms with Crippen molar-refractivity contribution >= 4 is 0 Å². The molecule has 1 aromatic heterocycles. The zero-order valence-electron chi connectivity index (χ0n) is 10.4. The SMILES string of the molecule is COc1cccc(OCC(CN)c2ccc[nH]2)c1. The fourth-order valence-electron chi connectivity index (χ4n) is 1.77. The van der Waals surface area contributed by atoms with Crippen molar-refractivity contribution in [2.24, 2.45) is 5.73 Å². The van der Waals surface area contributed by atoms with Gasteiger partial charge in [0.1, 0.15) is 11.5 Å². The topological polar surface area (TPSA) is 60.3 Å². The number of ether oxygens (including phenoxy) is 2. The molecule has 3 N–H and O–H groups in total. The van der Waals surface area contributed by atoms with E-state index >= 15 is 0 Å². The maximum absolute atomic E-state index is 5.76. The van der Waals surface area contributed by atoms with Gasteiger partial charge >= 0.3 is 0 Å². The lowest BCUT2D eigenvalue weighted by atomic mass is 10.1. The van der Waals surface area contributed by atoms with Gasteiger partial charge in [-0.3, -0.25) is 0 Å². The molecule has 1 atom stereocenters. The summed E-state index contributed by atoms with van der Waals surface area (Å²) >= 11 is 0. The third-order valence-corrected chi connectivity index (χ3v) is 2.84. The minimum absolute atomic E-state index is 0.172. The first-order valence-corrected chi connectivity index (χ1v) is 5.93. The zero-order valence-corrected chi connectivity index (χ0v) is 10.4. The van der Waals surface area contributed by atoms with Crippen molar-refractivity contribution in [2.45, 2.75) is 5.92 Å². The van der Waals surface area contributed by atoms with E-state index in [1.807, 2.05) is 42.6 Å². The Bertz CT molecular complexity index is 468. The minimum Gasteiger partial charge on any atom is -0.497 e. The molecule has 18 heavy (non-hydrogen) atoms. The lowest BCUT2D eigenvalue weighted by Crippen LogP contribution is -2.19. The van der Waals surface area contributed by atoms with Gasteiger partial charge in [0.2, 0.25) is 0 Å². The first-order chi connectivity index (χ1) is 8.83. The molecule has 0 bridgehead atoms. The van der Waals surface area contributed by atoms with Crippen molar-refractivity contribution in [3.05, 3.63) is 48.3 Å². The highest BCUT2D eigenvalue weighted by atomic mass is 16.5. The van der Waals surface area contributed by atoms with Crippen LogP contribution in [0.25, 0.3) is 0 Å². The largest absolute Gasteiger partial charge is 0.497 e. The molecule has 96 valence electrons. The molecule has 4 nitrogen and oxygen atoms in total. The van der Waals surface area contributed by atoms with Crippen LogP contribution in [0.5, 0.6) is 11.5 Å². The summed E-state index contributed by atoms with van der Waals surface area (Å²) in [6.45, 7) is 1.09. The van der Waals surface area contributed by atoms with Crippen LogP contribution in [0.4, 0.5) is 0 Å². The fraction of sp³-hybridized carbons (Fsp3) is 0.286.